The van der Waals surface area contributed by atoms with Crippen molar-refractivity contribution in [3.8, 4) is 11.3 Å². The minimum atomic E-state index is 0.570. The largest absolute Gasteiger partial charge is 0.275 e. The summed E-state index contributed by atoms with van der Waals surface area (Å²) in [5.41, 5.74) is 3.86. The van der Waals surface area contributed by atoms with Crippen LogP contribution < -0.4 is 5.46 Å². The lowest BCUT2D eigenvalue weighted by atomic mass is 9.97. The van der Waals surface area contributed by atoms with Gasteiger partial charge in [0.1, 0.15) is 7.85 Å². The number of hydrogen-bond acceptors (Lipinski definition) is 3. The van der Waals surface area contributed by atoms with Crippen LogP contribution in [0.2, 0.25) is 5.02 Å². The summed E-state index contributed by atoms with van der Waals surface area (Å²) in [6.45, 7) is 0. The van der Waals surface area contributed by atoms with Gasteiger partial charge in [0.25, 0.3) is 0 Å². The topological polar surface area (TPSA) is 43.6 Å². The van der Waals surface area contributed by atoms with E-state index in [1.807, 2.05) is 37.5 Å². The summed E-state index contributed by atoms with van der Waals surface area (Å²) in [6, 6.07) is 9.62. The van der Waals surface area contributed by atoms with E-state index in [4.69, 9.17) is 19.4 Å². The lowest BCUT2D eigenvalue weighted by molar-refractivity contribution is 0.780. The molecule has 0 aliphatic heterocycles. The number of rotatable bonds is 1. The minimum absolute atomic E-state index is 0.570. The first-order valence-corrected chi connectivity index (χ1v) is 7.13. The molecule has 4 nitrogen and oxygen atoms in total. The standard InChI is InChI=1S/C16H10BClN4/c1-22-8-10-4-9(2-3-14(10)21-22)15-6-13(18)12-5-11(17)7-19-16(12)20-15/h2-8H,1H3. The third-order valence-electron chi connectivity index (χ3n) is 3.55. The molecule has 0 aliphatic rings. The van der Waals surface area contributed by atoms with Crippen LogP contribution in [0.5, 0.6) is 0 Å². The predicted octanol–water partition coefficient (Wildman–Crippen LogP) is 2.63. The number of benzene rings is 1. The molecule has 0 spiro atoms. The lowest BCUT2D eigenvalue weighted by Crippen LogP contribution is -2.03. The van der Waals surface area contributed by atoms with Crippen LogP contribution in [0, 0.1) is 0 Å². The third kappa shape index (κ3) is 2.14. The first kappa shape index (κ1) is 13.3. The molecule has 3 heterocycles. The Kier molecular flexibility index (Phi) is 2.91. The average molecular weight is 305 g/mol. The fourth-order valence-corrected chi connectivity index (χ4v) is 2.78. The highest BCUT2D eigenvalue weighted by atomic mass is 35.5. The van der Waals surface area contributed by atoms with Gasteiger partial charge in [-0.25, -0.2) is 9.97 Å². The molecule has 3 aromatic heterocycles. The second-order valence-electron chi connectivity index (χ2n) is 5.21. The number of halogens is 1. The van der Waals surface area contributed by atoms with E-state index in [-0.39, 0.29) is 0 Å². The molecule has 0 bridgehead atoms. The van der Waals surface area contributed by atoms with E-state index in [1.54, 1.807) is 16.9 Å². The minimum Gasteiger partial charge on any atom is -0.275 e. The molecular formula is C16H10BClN4. The highest BCUT2D eigenvalue weighted by Gasteiger charge is 2.09. The number of pyridine rings is 2. The van der Waals surface area contributed by atoms with Crippen LogP contribution in [0.25, 0.3) is 33.2 Å². The maximum absolute atomic E-state index is 6.35. The van der Waals surface area contributed by atoms with Gasteiger partial charge in [0, 0.05) is 35.8 Å². The molecule has 0 unspecified atom stereocenters. The molecule has 104 valence electrons. The summed E-state index contributed by atoms with van der Waals surface area (Å²) in [7, 11) is 7.65. The molecule has 0 amide bonds. The van der Waals surface area contributed by atoms with Gasteiger partial charge in [0.05, 0.1) is 16.2 Å². The van der Waals surface area contributed by atoms with Crippen LogP contribution in [0.15, 0.2) is 42.7 Å². The van der Waals surface area contributed by atoms with Crippen LogP contribution >= 0.6 is 11.6 Å². The second-order valence-corrected chi connectivity index (χ2v) is 5.61. The smallest absolute Gasteiger partial charge is 0.161 e. The van der Waals surface area contributed by atoms with E-state index in [0.29, 0.717) is 16.1 Å². The predicted molar refractivity (Wildman–Crippen MR) is 89.6 cm³/mol. The van der Waals surface area contributed by atoms with Gasteiger partial charge in [-0.3, -0.25) is 4.68 Å². The van der Waals surface area contributed by atoms with Crippen LogP contribution in [0.1, 0.15) is 0 Å². The number of aromatic nitrogens is 4. The summed E-state index contributed by atoms with van der Waals surface area (Å²) in [5.74, 6) is 0. The van der Waals surface area contributed by atoms with E-state index >= 15 is 0 Å². The molecular weight excluding hydrogens is 294 g/mol. The summed E-state index contributed by atoms with van der Waals surface area (Å²) in [5, 5.41) is 6.77. The fraction of sp³-hybridized carbons (Fsp3) is 0.0625. The number of fused-ring (bicyclic) bond motifs is 2. The van der Waals surface area contributed by atoms with Crippen molar-refractivity contribution in [1.29, 1.82) is 0 Å². The first-order valence-electron chi connectivity index (χ1n) is 6.76. The summed E-state index contributed by atoms with van der Waals surface area (Å²) in [6.07, 6.45) is 3.56. The Morgan fingerprint density at radius 2 is 2.05 bits per heavy atom. The Morgan fingerprint density at radius 3 is 2.91 bits per heavy atom. The van der Waals surface area contributed by atoms with Gasteiger partial charge in [-0.15, -0.1) is 0 Å². The quantitative estimate of drug-likeness (QED) is 0.508. The molecule has 0 N–H and O–H groups in total. The van der Waals surface area contributed by atoms with Crippen molar-refractivity contribution < 1.29 is 0 Å². The normalized spacial score (nSPS) is 11.4. The van der Waals surface area contributed by atoms with Crippen molar-refractivity contribution in [2.75, 3.05) is 0 Å². The van der Waals surface area contributed by atoms with Gasteiger partial charge in [-0.2, -0.15) is 5.10 Å². The molecule has 0 saturated heterocycles. The van der Waals surface area contributed by atoms with Crippen molar-refractivity contribution in [2.24, 2.45) is 7.05 Å². The number of hydrogen-bond donors (Lipinski definition) is 0. The Hall–Kier alpha value is -2.40. The molecule has 6 heteroatoms. The number of nitrogens with zero attached hydrogens (tertiary/aromatic N) is 4. The lowest BCUT2D eigenvalue weighted by Gasteiger charge is -2.06. The van der Waals surface area contributed by atoms with E-state index < -0.39 is 0 Å². The highest BCUT2D eigenvalue weighted by molar-refractivity contribution is 6.37. The van der Waals surface area contributed by atoms with E-state index in [2.05, 4.69) is 15.1 Å². The molecule has 0 atom stereocenters. The Labute approximate surface area is 133 Å². The molecule has 2 radical (unpaired) electrons. The maximum atomic E-state index is 6.35. The Bertz CT molecular complexity index is 1030. The Morgan fingerprint density at radius 1 is 1.18 bits per heavy atom. The van der Waals surface area contributed by atoms with Crippen molar-refractivity contribution in [3.63, 3.8) is 0 Å². The van der Waals surface area contributed by atoms with Gasteiger partial charge < -0.3 is 0 Å². The van der Waals surface area contributed by atoms with Crippen molar-refractivity contribution in [1.82, 2.24) is 19.7 Å². The van der Waals surface area contributed by atoms with Crippen molar-refractivity contribution in [2.45, 2.75) is 0 Å². The molecule has 0 fully saturated rings. The SMILES string of the molecule is [B]c1cnc2nc(-c3ccc4nn(C)cc4c3)cc(Cl)c2c1. The zero-order chi connectivity index (χ0) is 15.3. The molecule has 4 rings (SSSR count). The first-order chi connectivity index (χ1) is 10.6. The molecule has 22 heavy (non-hydrogen) atoms. The zero-order valence-corrected chi connectivity index (χ0v) is 12.5. The maximum Gasteiger partial charge on any atom is 0.161 e. The van der Waals surface area contributed by atoms with Crippen LogP contribution in [-0.2, 0) is 7.05 Å². The average Bonchev–Trinajstić information content (AvgIpc) is 2.87. The van der Waals surface area contributed by atoms with Gasteiger partial charge in [-0.1, -0.05) is 29.2 Å². The Balaban J connectivity index is 1.93. The molecule has 1 aromatic carbocycles. The van der Waals surface area contributed by atoms with Crippen molar-refractivity contribution in [3.05, 3.63) is 47.7 Å². The van der Waals surface area contributed by atoms with Gasteiger partial charge in [0.15, 0.2) is 5.65 Å². The summed E-state index contributed by atoms with van der Waals surface area (Å²) in [4.78, 5) is 8.84. The van der Waals surface area contributed by atoms with E-state index in [9.17, 15) is 0 Å². The monoisotopic (exact) mass is 304 g/mol. The molecule has 0 aliphatic carbocycles. The van der Waals surface area contributed by atoms with Crippen molar-refractivity contribution >= 4 is 46.8 Å². The second kappa shape index (κ2) is 4.82. The van der Waals surface area contributed by atoms with Crippen LogP contribution in [-0.4, -0.2) is 27.6 Å². The van der Waals surface area contributed by atoms with E-state index in [0.717, 1.165) is 27.5 Å². The molecule has 4 aromatic rings. The van der Waals surface area contributed by atoms with Crippen LogP contribution in [0.3, 0.4) is 0 Å². The van der Waals surface area contributed by atoms with Gasteiger partial charge >= 0.3 is 0 Å². The highest BCUT2D eigenvalue weighted by Crippen LogP contribution is 2.28. The van der Waals surface area contributed by atoms with Gasteiger partial charge in [0.2, 0.25) is 0 Å². The zero-order valence-electron chi connectivity index (χ0n) is 11.8. The summed E-state index contributed by atoms with van der Waals surface area (Å²) >= 11 is 6.35. The number of aryl methyl sites for hydroxylation is 1. The van der Waals surface area contributed by atoms with E-state index in [1.165, 1.54) is 0 Å². The molecule has 0 saturated carbocycles. The van der Waals surface area contributed by atoms with Gasteiger partial charge in [-0.05, 0) is 18.2 Å². The third-order valence-corrected chi connectivity index (χ3v) is 3.86. The van der Waals surface area contributed by atoms with Crippen LogP contribution in [0.4, 0.5) is 0 Å². The fourth-order valence-electron chi connectivity index (χ4n) is 2.54. The summed E-state index contributed by atoms with van der Waals surface area (Å²) < 4.78 is 1.79.